The normalized spacial score (nSPS) is 10.3. The van der Waals surface area contributed by atoms with Gasteiger partial charge in [-0.3, -0.25) is 4.79 Å². The van der Waals surface area contributed by atoms with Crippen LogP contribution in [0.5, 0.6) is 5.75 Å². The highest BCUT2D eigenvalue weighted by Crippen LogP contribution is 2.16. The molecule has 0 fully saturated rings. The highest BCUT2D eigenvalue weighted by molar-refractivity contribution is 7.11. The van der Waals surface area contributed by atoms with E-state index in [2.05, 4.69) is 29.7 Å². The Morgan fingerprint density at radius 2 is 2.15 bits per heavy atom. The molecule has 1 aromatic carbocycles. The first kappa shape index (κ1) is 14.6. The molecule has 1 amide bonds. The molecule has 1 heterocycles. The van der Waals surface area contributed by atoms with Gasteiger partial charge in [0.2, 0.25) is 5.91 Å². The maximum absolute atomic E-state index is 11.8. The Morgan fingerprint density at radius 1 is 1.30 bits per heavy atom. The number of amides is 1. The molecule has 5 heteroatoms. The molecule has 0 aliphatic heterocycles. The van der Waals surface area contributed by atoms with Crippen LogP contribution in [0.1, 0.15) is 9.75 Å². The summed E-state index contributed by atoms with van der Waals surface area (Å²) in [5.41, 5.74) is 0.739. The molecule has 2 aromatic rings. The molecule has 0 atom stereocenters. The van der Waals surface area contributed by atoms with Crippen molar-refractivity contribution in [2.75, 3.05) is 19.0 Å². The molecular formula is C15H18N2O2S. The van der Waals surface area contributed by atoms with Crippen molar-refractivity contribution >= 4 is 22.9 Å². The first-order valence-electron chi connectivity index (χ1n) is 6.37. The van der Waals surface area contributed by atoms with Gasteiger partial charge in [0.05, 0.1) is 13.7 Å². The van der Waals surface area contributed by atoms with Gasteiger partial charge in [-0.1, -0.05) is 6.07 Å². The van der Waals surface area contributed by atoms with Crippen LogP contribution in [0.25, 0.3) is 0 Å². The van der Waals surface area contributed by atoms with Gasteiger partial charge in [0.15, 0.2) is 0 Å². The second-order valence-corrected chi connectivity index (χ2v) is 5.77. The van der Waals surface area contributed by atoms with Crippen molar-refractivity contribution in [1.29, 1.82) is 0 Å². The van der Waals surface area contributed by atoms with Crippen molar-refractivity contribution in [3.8, 4) is 5.75 Å². The van der Waals surface area contributed by atoms with E-state index in [0.29, 0.717) is 6.54 Å². The van der Waals surface area contributed by atoms with Crippen LogP contribution < -0.4 is 15.4 Å². The van der Waals surface area contributed by atoms with E-state index in [-0.39, 0.29) is 12.5 Å². The average molecular weight is 290 g/mol. The molecule has 0 spiro atoms. The number of carbonyl (C=O) groups excluding carboxylic acids is 1. The van der Waals surface area contributed by atoms with Gasteiger partial charge in [0.25, 0.3) is 0 Å². The lowest BCUT2D eigenvalue weighted by Crippen LogP contribution is -2.27. The number of thiophene rings is 1. The van der Waals surface area contributed by atoms with Gasteiger partial charge >= 0.3 is 0 Å². The molecule has 106 valence electrons. The Kier molecular flexibility index (Phi) is 5.15. The minimum Gasteiger partial charge on any atom is -0.497 e. The van der Waals surface area contributed by atoms with E-state index in [0.717, 1.165) is 11.4 Å². The topological polar surface area (TPSA) is 50.4 Å². The molecule has 1 aromatic heterocycles. The van der Waals surface area contributed by atoms with Crippen molar-refractivity contribution in [3.63, 3.8) is 0 Å². The van der Waals surface area contributed by atoms with E-state index in [9.17, 15) is 4.79 Å². The standard InChI is InChI=1S/C15H18N2O2S/c1-11-6-7-14(20-11)9-16-10-15(18)17-12-4-3-5-13(8-12)19-2/h3-8,16H,9-10H2,1-2H3,(H,17,18). The highest BCUT2D eigenvalue weighted by Gasteiger charge is 2.03. The van der Waals surface area contributed by atoms with Crippen molar-refractivity contribution in [2.45, 2.75) is 13.5 Å². The molecule has 0 saturated heterocycles. The van der Waals surface area contributed by atoms with Gasteiger partial charge < -0.3 is 15.4 Å². The molecule has 0 aliphatic carbocycles. The predicted octanol–water partition coefficient (Wildman–Crippen LogP) is 2.79. The Morgan fingerprint density at radius 3 is 2.85 bits per heavy atom. The zero-order valence-electron chi connectivity index (χ0n) is 11.6. The third kappa shape index (κ3) is 4.36. The fourth-order valence-corrected chi connectivity index (χ4v) is 2.65. The maximum atomic E-state index is 11.8. The van der Waals surface area contributed by atoms with Crippen molar-refractivity contribution in [1.82, 2.24) is 5.32 Å². The minimum absolute atomic E-state index is 0.0634. The minimum atomic E-state index is -0.0634. The van der Waals surface area contributed by atoms with Crippen LogP contribution in [-0.4, -0.2) is 19.6 Å². The van der Waals surface area contributed by atoms with Crippen LogP contribution in [0.3, 0.4) is 0 Å². The highest BCUT2D eigenvalue weighted by atomic mass is 32.1. The van der Waals surface area contributed by atoms with Crippen molar-refractivity contribution in [2.24, 2.45) is 0 Å². The summed E-state index contributed by atoms with van der Waals surface area (Å²) in [6.07, 6.45) is 0. The number of methoxy groups -OCH3 is 1. The molecule has 2 rings (SSSR count). The summed E-state index contributed by atoms with van der Waals surface area (Å²) in [5, 5.41) is 5.96. The Bertz CT molecular complexity index is 581. The Labute approximate surface area is 122 Å². The van der Waals surface area contributed by atoms with Crippen LogP contribution in [0, 0.1) is 6.92 Å². The van der Waals surface area contributed by atoms with E-state index in [1.165, 1.54) is 9.75 Å². The fourth-order valence-electron chi connectivity index (χ4n) is 1.79. The van der Waals surface area contributed by atoms with Crippen molar-refractivity contribution in [3.05, 3.63) is 46.2 Å². The van der Waals surface area contributed by atoms with Crippen molar-refractivity contribution < 1.29 is 9.53 Å². The second kappa shape index (κ2) is 7.07. The number of benzene rings is 1. The molecule has 0 saturated carbocycles. The number of hydrogen-bond acceptors (Lipinski definition) is 4. The Balaban J connectivity index is 1.77. The van der Waals surface area contributed by atoms with E-state index >= 15 is 0 Å². The van der Waals surface area contributed by atoms with E-state index in [1.807, 2.05) is 18.2 Å². The summed E-state index contributed by atoms with van der Waals surface area (Å²) in [4.78, 5) is 14.3. The third-order valence-corrected chi connectivity index (χ3v) is 3.73. The number of rotatable bonds is 6. The molecule has 20 heavy (non-hydrogen) atoms. The second-order valence-electron chi connectivity index (χ2n) is 4.40. The first-order valence-corrected chi connectivity index (χ1v) is 7.19. The molecule has 0 aliphatic rings. The quantitative estimate of drug-likeness (QED) is 0.860. The van der Waals surface area contributed by atoms with E-state index in [4.69, 9.17) is 4.74 Å². The fraction of sp³-hybridized carbons (Fsp3) is 0.267. The summed E-state index contributed by atoms with van der Waals surface area (Å²) >= 11 is 1.74. The predicted molar refractivity (Wildman–Crippen MR) is 82.4 cm³/mol. The summed E-state index contributed by atoms with van der Waals surface area (Å²) < 4.78 is 5.11. The number of anilines is 1. The van der Waals surface area contributed by atoms with Gasteiger partial charge in [-0.25, -0.2) is 0 Å². The maximum Gasteiger partial charge on any atom is 0.238 e. The SMILES string of the molecule is COc1cccc(NC(=O)CNCc2ccc(C)s2)c1. The summed E-state index contributed by atoms with van der Waals surface area (Å²) in [6, 6.07) is 11.5. The van der Waals surface area contributed by atoms with Crippen LogP contribution in [0.2, 0.25) is 0 Å². The smallest absolute Gasteiger partial charge is 0.238 e. The van der Waals surface area contributed by atoms with Crippen LogP contribution in [0.4, 0.5) is 5.69 Å². The Hall–Kier alpha value is -1.85. The molecule has 4 nitrogen and oxygen atoms in total. The number of nitrogens with one attached hydrogen (secondary N) is 2. The van der Waals surface area contributed by atoms with Gasteiger partial charge in [0.1, 0.15) is 5.75 Å². The zero-order chi connectivity index (χ0) is 14.4. The lowest BCUT2D eigenvalue weighted by Gasteiger charge is -2.07. The van der Waals surface area contributed by atoms with Gasteiger partial charge in [-0.05, 0) is 31.2 Å². The largest absolute Gasteiger partial charge is 0.497 e. The average Bonchev–Trinajstić information content (AvgIpc) is 2.84. The van der Waals surface area contributed by atoms with E-state index < -0.39 is 0 Å². The number of carbonyl (C=O) groups is 1. The van der Waals surface area contributed by atoms with Crippen LogP contribution in [-0.2, 0) is 11.3 Å². The summed E-state index contributed by atoms with van der Waals surface area (Å²) in [7, 11) is 1.60. The molecular weight excluding hydrogens is 272 g/mol. The number of aryl methyl sites for hydroxylation is 1. The number of hydrogen-bond donors (Lipinski definition) is 2. The molecule has 0 bridgehead atoms. The summed E-state index contributed by atoms with van der Waals surface area (Å²) in [6.45, 7) is 3.07. The lowest BCUT2D eigenvalue weighted by atomic mass is 10.3. The van der Waals surface area contributed by atoms with Gasteiger partial charge in [0, 0.05) is 28.1 Å². The molecule has 0 unspecified atom stereocenters. The summed E-state index contributed by atoms with van der Waals surface area (Å²) in [5.74, 6) is 0.663. The zero-order valence-corrected chi connectivity index (χ0v) is 12.4. The lowest BCUT2D eigenvalue weighted by molar-refractivity contribution is -0.115. The number of ether oxygens (including phenoxy) is 1. The molecule has 2 N–H and O–H groups in total. The first-order chi connectivity index (χ1) is 9.67. The van der Waals surface area contributed by atoms with Crippen LogP contribution >= 0.6 is 11.3 Å². The third-order valence-electron chi connectivity index (χ3n) is 2.73. The van der Waals surface area contributed by atoms with Gasteiger partial charge in [-0.2, -0.15) is 0 Å². The van der Waals surface area contributed by atoms with E-state index in [1.54, 1.807) is 24.5 Å². The van der Waals surface area contributed by atoms with Gasteiger partial charge in [-0.15, -0.1) is 11.3 Å². The molecule has 0 radical (unpaired) electrons. The monoisotopic (exact) mass is 290 g/mol. The van der Waals surface area contributed by atoms with Crippen LogP contribution in [0.15, 0.2) is 36.4 Å².